The topological polar surface area (TPSA) is 86.3 Å². The number of ether oxygens (including phenoxy) is 1. The van der Waals surface area contributed by atoms with Crippen LogP contribution in [0, 0.1) is 15.9 Å². The highest BCUT2D eigenvalue weighted by Crippen LogP contribution is 2.27. The highest BCUT2D eigenvalue weighted by Gasteiger charge is 2.17. The standard InChI is InChI=1S/C21H22FN5O3S/c22-18-5-3-17(4-6-18)20-23-24-21(26(20)10-9-25-11-13-30-14-12-25)31-15-16-1-7-19(8-2-16)27(28)29/h1-8H,9-15H2. The molecule has 1 saturated heterocycles. The number of benzene rings is 2. The molecule has 0 aliphatic carbocycles. The van der Waals surface area contributed by atoms with Gasteiger partial charge >= 0.3 is 0 Å². The molecule has 0 saturated carbocycles. The van der Waals surface area contributed by atoms with Gasteiger partial charge in [0.2, 0.25) is 0 Å². The predicted molar refractivity (Wildman–Crippen MR) is 115 cm³/mol. The Morgan fingerprint density at radius 1 is 1.03 bits per heavy atom. The molecule has 2 heterocycles. The van der Waals surface area contributed by atoms with Gasteiger partial charge in [0.25, 0.3) is 5.69 Å². The Labute approximate surface area is 183 Å². The lowest BCUT2D eigenvalue weighted by Crippen LogP contribution is -2.38. The van der Waals surface area contributed by atoms with Crippen molar-refractivity contribution in [3.05, 3.63) is 70.0 Å². The molecule has 0 spiro atoms. The maximum absolute atomic E-state index is 13.4. The second-order valence-electron chi connectivity index (χ2n) is 7.13. The molecule has 4 rings (SSSR count). The first kappa shape index (κ1) is 21.4. The summed E-state index contributed by atoms with van der Waals surface area (Å²) < 4.78 is 20.9. The summed E-state index contributed by atoms with van der Waals surface area (Å²) in [5.41, 5.74) is 1.83. The van der Waals surface area contributed by atoms with E-state index in [0.717, 1.165) is 49.1 Å². The Hall–Kier alpha value is -2.82. The summed E-state index contributed by atoms with van der Waals surface area (Å²) in [5.74, 6) is 1.01. The van der Waals surface area contributed by atoms with Crippen LogP contribution in [0.2, 0.25) is 0 Å². The first-order valence-corrected chi connectivity index (χ1v) is 10.9. The van der Waals surface area contributed by atoms with Crippen LogP contribution in [0.25, 0.3) is 11.4 Å². The van der Waals surface area contributed by atoms with Gasteiger partial charge in [-0.3, -0.25) is 15.0 Å². The molecule has 0 atom stereocenters. The van der Waals surface area contributed by atoms with Gasteiger partial charge < -0.3 is 9.30 Å². The van der Waals surface area contributed by atoms with Crippen LogP contribution in [0.15, 0.2) is 53.7 Å². The normalized spacial score (nSPS) is 14.6. The monoisotopic (exact) mass is 443 g/mol. The number of nitrogens with zero attached hydrogens (tertiary/aromatic N) is 5. The number of aromatic nitrogens is 3. The van der Waals surface area contributed by atoms with E-state index in [1.807, 2.05) is 0 Å². The van der Waals surface area contributed by atoms with Crippen molar-refractivity contribution in [2.45, 2.75) is 17.5 Å². The van der Waals surface area contributed by atoms with Crippen molar-refractivity contribution in [3.63, 3.8) is 0 Å². The van der Waals surface area contributed by atoms with Gasteiger partial charge in [0.05, 0.1) is 18.1 Å². The van der Waals surface area contributed by atoms with Crippen molar-refractivity contribution >= 4 is 17.4 Å². The van der Waals surface area contributed by atoms with Crippen LogP contribution in [-0.2, 0) is 17.0 Å². The molecule has 8 nitrogen and oxygen atoms in total. The Balaban J connectivity index is 1.52. The third-order valence-corrected chi connectivity index (χ3v) is 6.12. The van der Waals surface area contributed by atoms with E-state index in [0.29, 0.717) is 18.1 Å². The van der Waals surface area contributed by atoms with E-state index in [1.165, 1.54) is 36.0 Å². The zero-order valence-corrected chi connectivity index (χ0v) is 17.6. The van der Waals surface area contributed by atoms with E-state index in [9.17, 15) is 14.5 Å². The molecule has 0 N–H and O–H groups in total. The van der Waals surface area contributed by atoms with Crippen molar-refractivity contribution in [1.29, 1.82) is 0 Å². The Bertz CT molecular complexity index is 1020. The Kier molecular flexibility index (Phi) is 6.90. The van der Waals surface area contributed by atoms with Gasteiger partial charge in [0.1, 0.15) is 5.82 Å². The van der Waals surface area contributed by atoms with Crippen molar-refractivity contribution in [1.82, 2.24) is 19.7 Å². The molecule has 3 aromatic rings. The number of hydrogen-bond acceptors (Lipinski definition) is 7. The Morgan fingerprint density at radius 3 is 2.42 bits per heavy atom. The van der Waals surface area contributed by atoms with Crippen LogP contribution < -0.4 is 0 Å². The minimum Gasteiger partial charge on any atom is -0.379 e. The SMILES string of the molecule is O=[N+]([O-])c1ccc(CSc2nnc(-c3ccc(F)cc3)n2CCN2CCOCC2)cc1. The first-order chi connectivity index (χ1) is 15.1. The van der Waals surface area contributed by atoms with E-state index in [1.54, 1.807) is 24.3 Å². The average Bonchev–Trinajstić information content (AvgIpc) is 3.20. The highest BCUT2D eigenvalue weighted by molar-refractivity contribution is 7.98. The van der Waals surface area contributed by atoms with Gasteiger partial charge in [-0.1, -0.05) is 23.9 Å². The van der Waals surface area contributed by atoms with Gasteiger partial charge in [0, 0.05) is 49.6 Å². The molecule has 31 heavy (non-hydrogen) atoms. The summed E-state index contributed by atoms with van der Waals surface area (Å²) >= 11 is 1.52. The molecule has 1 aromatic heterocycles. The van der Waals surface area contributed by atoms with Gasteiger partial charge in [-0.15, -0.1) is 10.2 Å². The lowest BCUT2D eigenvalue weighted by molar-refractivity contribution is -0.384. The van der Waals surface area contributed by atoms with Crippen LogP contribution in [0.4, 0.5) is 10.1 Å². The van der Waals surface area contributed by atoms with E-state index in [2.05, 4.69) is 19.7 Å². The quantitative estimate of drug-likeness (QED) is 0.299. The lowest BCUT2D eigenvalue weighted by Gasteiger charge is -2.27. The number of thioether (sulfide) groups is 1. The van der Waals surface area contributed by atoms with Gasteiger partial charge in [-0.25, -0.2) is 4.39 Å². The fraction of sp³-hybridized carbons (Fsp3) is 0.333. The fourth-order valence-corrected chi connectivity index (χ4v) is 4.26. The number of hydrogen-bond donors (Lipinski definition) is 0. The van der Waals surface area contributed by atoms with E-state index in [4.69, 9.17) is 4.74 Å². The molecule has 2 aromatic carbocycles. The number of halogens is 1. The molecule has 162 valence electrons. The summed E-state index contributed by atoms with van der Waals surface area (Å²) in [7, 11) is 0. The largest absolute Gasteiger partial charge is 0.379 e. The summed E-state index contributed by atoms with van der Waals surface area (Å²) in [6.45, 7) is 4.77. The molecular formula is C21H22FN5O3S. The van der Waals surface area contributed by atoms with Crippen LogP contribution in [-0.4, -0.2) is 57.4 Å². The van der Waals surface area contributed by atoms with Crippen LogP contribution >= 0.6 is 11.8 Å². The molecule has 0 amide bonds. The van der Waals surface area contributed by atoms with Crippen LogP contribution in [0.3, 0.4) is 0 Å². The average molecular weight is 444 g/mol. The minimum atomic E-state index is -0.409. The van der Waals surface area contributed by atoms with E-state index in [-0.39, 0.29) is 11.5 Å². The van der Waals surface area contributed by atoms with Gasteiger partial charge in [-0.05, 0) is 29.8 Å². The maximum atomic E-state index is 13.4. The third-order valence-electron chi connectivity index (χ3n) is 5.08. The fourth-order valence-electron chi connectivity index (χ4n) is 3.34. The molecule has 1 aliphatic rings. The van der Waals surface area contributed by atoms with Crippen molar-refractivity contribution in [2.24, 2.45) is 0 Å². The van der Waals surface area contributed by atoms with Gasteiger partial charge in [-0.2, -0.15) is 0 Å². The molecule has 1 fully saturated rings. The Morgan fingerprint density at radius 2 is 1.74 bits per heavy atom. The smallest absolute Gasteiger partial charge is 0.269 e. The zero-order chi connectivity index (χ0) is 21.6. The van der Waals surface area contributed by atoms with Gasteiger partial charge in [0.15, 0.2) is 11.0 Å². The molecule has 0 radical (unpaired) electrons. The minimum absolute atomic E-state index is 0.0704. The first-order valence-electron chi connectivity index (χ1n) is 9.95. The number of non-ortho nitro benzene ring substituents is 1. The third kappa shape index (κ3) is 5.46. The molecule has 0 unspecified atom stereocenters. The summed E-state index contributed by atoms with van der Waals surface area (Å²) in [6, 6.07) is 12.7. The molecular weight excluding hydrogens is 421 g/mol. The second-order valence-corrected chi connectivity index (χ2v) is 8.07. The van der Waals surface area contributed by atoms with Crippen LogP contribution in [0.5, 0.6) is 0 Å². The number of morpholine rings is 1. The van der Waals surface area contributed by atoms with Crippen molar-refractivity contribution < 1.29 is 14.1 Å². The van der Waals surface area contributed by atoms with Crippen molar-refractivity contribution in [3.8, 4) is 11.4 Å². The maximum Gasteiger partial charge on any atom is 0.269 e. The number of rotatable bonds is 8. The highest BCUT2D eigenvalue weighted by atomic mass is 32.2. The number of nitro groups is 1. The summed E-state index contributed by atoms with van der Waals surface area (Å²) in [4.78, 5) is 12.8. The number of nitro benzene ring substituents is 1. The summed E-state index contributed by atoms with van der Waals surface area (Å²) in [6.07, 6.45) is 0. The molecule has 0 bridgehead atoms. The lowest BCUT2D eigenvalue weighted by atomic mass is 10.2. The second kappa shape index (κ2) is 9.99. The van der Waals surface area contributed by atoms with E-state index < -0.39 is 4.92 Å². The predicted octanol–water partition coefficient (Wildman–Crippen LogP) is 3.62. The van der Waals surface area contributed by atoms with Crippen molar-refractivity contribution in [2.75, 3.05) is 32.8 Å². The molecule has 10 heteroatoms. The van der Waals surface area contributed by atoms with Crippen LogP contribution in [0.1, 0.15) is 5.56 Å². The zero-order valence-electron chi connectivity index (χ0n) is 16.8. The molecule has 1 aliphatic heterocycles. The summed E-state index contributed by atoms with van der Waals surface area (Å²) in [5, 5.41) is 20.3. The van der Waals surface area contributed by atoms with E-state index >= 15 is 0 Å².